The molecule has 3 heterocycles. The van der Waals surface area contributed by atoms with Crippen molar-refractivity contribution in [3.05, 3.63) is 48.1 Å². The SMILES string of the molecule is C=CC(=O)NC1CCC(n2c([C@@H]3CCCC(=O)N3)nc3cc(-c4c(C)noc4C)ccc32)CC1. The molecule has 0 radical (unpaired) electrons. The largest absolute Gasteiger partial charge is 0.361 e. The van der Waals surface area contributed by atoms with Gasteiger partial charge in [-0.1, -0.05) is 17.8 Å². The highest BCUT2D eigenvalue weighted by Crippen LogP contribution is 2.38. The number of carbonyl (C=O) groups is 2. The summed E-state index contributed by atoms with van der Waals surface area (Å²) >= 11 is 0. The van der Waals surface area contributed by atoms with E-state index in [1.54, 1.807) is 0 Å². The van der Waals surface area contributed by atoms with Gasteiger partial charge < -0.3 is 19.7 Å². The van der Waals surface area contributed by atoms with Crippen molar-refractivity contribution in [1.29, 1.82) is 0 Å². The van der Waals surface area contributed by atoms with Crippen molar-refractivity contribution in [1.82, 2.24) is 25.3 Å². The average Bonchev–Trinajstić information content (AvgIpc) is 3.38. The minimum Gasteiger partial charge on any atom is -0.361 e. The summed E-state index contributed by atoms with van der Waals surface area (Å²) in [6.07, 6.45) is 7.33. The van der Waals surface area contributed by atoms with Crippen LogP contribution in [0.25, 0.3) is 22.2 Å². The Morgan fingerprint density at radius 1 is 1.24 bits per heavy atom. The standard InChI is InChI=1S/C26H31N5O3/c1-4-23(32)27-18-9-11-19(12-10-18)31-22-13-8-17(25-15(2)30-34-16(25)3)14-21(22)29-26(31)20-6-5-7-24(33)28-20/h4,8,13-14,18-20H,1,5-7,9-12H2,2-3H3,(H,27,32)(H,28,33)/t18?,19?,20-/m0/s1. The molecule has 2 fully saturated rings. The molecule has 0 spiro atoms. The lowest BCUT2D eigenvalue weighted by atomic mass is 9.90. The van der Waals surface area contributed by atoms with Gasteiger partial charge >= 0.3 is 0 Å². The Labute approximate surface area is 198 Å². The first-order valence-electron chi connectivity index (χ1n) is 12.1. The summed E-state index contributed by atoms with van der Waals surface area (Å²) in [5.41, 5.74) is 4.88. The van der Waals surface area contributed by atoms with Crippen LogP contribution in [0.4, 0.5) is 0 Å². The van der Waals surface area contributed by atoms with Crippen LogP contribution >= 0.6 is 0 Å². The van der Waals surface area contributed by atoms with Crippen LogP contribution in [0.1, 0.15) is 74.3 Å². The van der Waals surface area contributed by atoms with E-state index in [9.17, 15) is 9.59 Å². The molecule has 0 bridgehead atoms. The second-order valence-electron chi connectivity index (χ2n) is 9.47. The lowest BCUT2D eigenvalue weighted by Gasteiger charge is -2.33. The van der Waals surface area contributed by atoms with E-state index < -0.39 is 0 Å². The van der Waals surface area contributed by atoms with Gasteiger partial charge in [0.15, 0.2) is 0 Å². The number of imidazole rings is 1. The lowest BCUT2D eigenvalue weighted by Crippen LogP contribution is -2.38. The van der Waals surface area contributed by atoms with Crippen LogP contribution in [0.5, 0.6) is 0 Å². The molecule has 1 aliphatic carbocycles. The van der Waals surface area contributed by atoms with E-state index in [1.807, 2.05) is 13.8 Å². The molecule has 2 amide bonds. The van der Waals surface area contributed by atoms with Crippen molar-refractivity contribution in [2.75, 3.05) is 0 Å². The van der Waals surface area contributed by atoms with Gasteiger partial charge in [-0.15, -0.1) is 0 Å². The van der Waals surface area contributed by atoms with Crippen molar-refractivity contribution in [2.24, 2.45) is 0 Å². The smallest absolute Gasteiger partial charge is 0.243 e. The maximum Gasteiger partial charge on any atom is 0.243 e. The first-order chi connectivity index (χ1) is 16.4. The molecule has 3 aromatic rings. The fourth-order valence-electron chi connectivity index (χ4n) is 5.54. The Bertz CT molecular complexity index is 1230. The Hall–Kier alpha value is -3.42. The van der Waals surface area contributed by atoms with Gasteiger partial charge in [-0.3, -0.25) is 9.59 Å². The van der Waals surface area contributed by atoms with Gasteiger partial charge in [0.25, 0.3) is 0 Å². The quantitative estimate of drug-likeness (QED) is 0.547. The Morgan fingerprint density at radius 2 is 2.03 bits per heavy atom. The summed E-state index contributed by atoms with van der Waals surface area (Å²) in [7, 11) is 0. The van der Waals surface area contributed by atoms with Gasteiger partial charge in [0.05, 0.1) is 22.8 Å². The van der Waals surface area contributed by atoms with Crippen molar-refractivity contribution < 1.29 is 14.1 Å². The number of fused-ring (bicyclic) bond motifs is 1. The number of piperidine rings is 1. The van der Waals surface area contributed by atoms with Crippen LogP contribution < -0.4 is 10.6 Å². The first kappa shape index (κ1) is 22.4. The van der Waals surface area contributed by atoms with E-state index in [2.05, 4.69) is 45.1 Å². The van der Waals surface area contributed by atoms with E-state index in [0.717, 1.165) is 78.0 Å². The predicted molar refractivity (Wildman–Crippen MR) is 129 cm³/mol. The highest BCUT2D eigenvalue weighted by molar-refractivity contribution is 5.87. The number of hydrogen-bond donors (Lipinski definition) is 2. The van der Waals surface area contributed by atoms with Gasteiger partial charge in [0, 0.05) is 24.1 Å². The Balaban J connectivity index is 1.52. The number of aryl methyl sites for hydroxylation is 2. The van der Waals surface area contributed by atoms with Crippen LogP contribution in [0.3, 0.4) is 0 Å². The zero-order valence-corrected chi connectivity index (χ0v) is 19.8. The highest BCUT2D eigenvalue weighted by atomic mass is 16.5. The summed E-state index contributed by atoms with van der Waals surface area (Å²) in [6, 6.07) is 6.67. The van der Waals surface area contributed by atoms with Crippen molar-refractivity contribution in [3.63, 3.8) is 0 Å². The second-order valence-corrected chi connectivity index (χ2v) is 9.47. The molecule has 1 atom stereocenters. The number of amides is 2. The maximum atomic E-state index is 12.2. The number of hydrogen-bond acceptors (Lipinski definition) is 5. The lowest BCUT2D eigenvalue weighted by molar-refractivity contribution is -0.123. The van der Waals surface area contributed by atoms with E-state index in [0.29, 0.717) is 6.42 Å². The van der Waals surface area contributed by atoms with E-state index in [4.69, 9.17) is 9.51 Å². The van der Waals surface area contributed by atoms with Gasteiger partial charge in [-0.2, -0.15) is 0 Å². The average molecular weight is 462 g/mol. The molecular formula is C26H31N5O3. The van der Waals surface area contributed by atoms with Gasteiger partial charge in [0.1, 0.15) is 11.6 Å². The number of rotatable bonds is 5. The zero-order valence-electron chi connectivity index (χ0n) is 19.8. The highest BCUT2D eigenvalue weighted by Gasteiger charge is 2.31. The summed E-state index contributed by atoms with van der Waals surface area (Å²) in [6.45, 7) is 7.42. The van der Waals surface area contributed by atoms with Gasteiger partial charge in [0.2, 0.25) is 11.8 Å². The predicted octanol–water partition coefficient (Wildman–Crippen LogP) is 4.44. The molecule has 1 aliphatic heterocycles. The Morgan fingerprint density at radius 3 is 2.71 bits per heavy atom. The third-order valence-electron chi connectivity index (χ3n) is 7.18. The van der Waals surface area contributed by atoms with E-state index >= 15 is 0 Å². The summed E-state index contributed by atoms with van der Waals surface area (Å²) in [5.74, 6) is 1.68. The van der Waals surface area contributed by atoms with Crippen LogP contribution in [0.2, 0.25) is 0 Å². The summed E-state index contributed by atoms with van der Waals surface area (Å²) in [4.78, 5) is 29.0. The van der Waals surface area contributed by atoms with Crippen molar-refractivity contribution in [3.8, 4) is 11.1 Å². The van der Waals surface area contributed by atoms with Gasteiger partial charge in [-0.05, 0) is 76.1 Å². The molecule has 34 heavy (non-hydrogen) atoms. The number of benzene rings is 1. The Kier molecular flexibility index (Phi) is 5.98. The molecule has 1 saturated heterocycles. The molecule has 8 nitrogen and oxygen atoms in total. The van der Waals surface area contributed by atoms with Crippen molar-refractivity contribution in [2.45, 2.75) is 76.9 Å². The van der Waals surface area contributed by atoms with Crippen molar-refractivity contribution >= 4 is 22.8 Å². The molecule has 1 aromatic carbocycles. The molecule has 2 N–H and O–H groups in total. The van der Waals surface area contributed by atoms with Crippen LogP contribution in [0.15, 0.2) is 35.4 Å². The number of carbonyl (C=O) groups excluding carboxylic acids is 2. The monoisotopic (exact) mass is 461 g/mol. The van der Waals surface area contributed by atoms with E-state index in [-0.39, 0.29) is 29.9 Å². The van der Waals surface area contributed by atoms with Crippen LogP contribution in [0, 0.1) is 13.8 Å². The normalized spacial score (nSPS) is 23.0. The third-order valence-corrected chi connectivity index (χ3v) is 7.18. The summed E-state index contributed by atoms with van der Waals surface area (Å²) < 4.78 is 7.72. The van der Waals surface area contributed by atoms with Crippen LogP contribution in [-0.2, 0) is 9.59 Å². The maximum absolute atomic E-state index is 12.2. The zero-order chi connectivity index (χ0) is 23.8. The first-order valence-corrected chi connectivity index (χ1v) is 12.1. The second kappa shape index (κ2) is 9.08. The van der Waals surface area contributed by atoms with Crippen LogP contribution in [-0.4, -0.2) is 32.6 Å². The third kappa shape index (κ3) is 4.13. The van der Waals surface area contributed by atoms with Gasteiger partial charge in [-0.25, -0.2) is 4.98 Å². The molecule has 0 unspecified atom stereocenters. The summed E-state index contributed by atoms with van der Waals surface area (Å²) in [5, 5.41) is 10.3. The minimum atomic E-state index is -0.117. The number of nitrogens with one attached hydrogen (secondary N) is 2. The fourth-order valence-corrected chi connectivity index (χ4v) is 5.54. The molecular weight excluding hydrogens is 430 g/mol. The minimum absolute atomic E-state index is 0.0853. The number of aromatic nitrogens is 3. The number of nitrogens with zero attached hydrogens (tertiary/aromatic N) is 3. The molecule has 2 aromatic heterocycles. The molecule has 8 heteroatoms. The molecule has 5 rings (SSSR count). The topological polar surface area (TPSA) is 102 Å². The molecule has 2 aliphatic rings. The molecule has 178 valence electrons. The molecule has 1 saturated carbocycles. The van der Waals surface area contributed by atoms with E-state index in [1.165, 1.54) is 6.08 Å². The fraction of sp³-hybridized carbons (Fsp3) is 0.462.